The lowest BCUT2D eigenvalue weighted by Crippen LogP contribution is -2.58. The number of amides is 4. The molecule has 0 bridgehead atoms. The third-order valence-corrected chi connectivity index (χ3v) is 6.02. The van der Waals surface area contributed by atoms with E-state index < -0.39 is 60.2 Å². The molecule has 0 aliphatic carbocycles. The summed E-state index contributed by atoms with van der Waals surface area (Å²) in [7, 11) is 0. The van der Waals surface area contributed by atoms with E-state index in [0.29, 0.717) is 6.42 Å². The highest BCUT2D eigenvalue weighted by Gasteiger charge is 2.31. The average Bonchev–Trinajstić information content (AvgIpc) is 3.23. The van der Waals surface area contributed by atoms with Gasteiger partial charge >= 0.3 is 5.97 Å². The van der Waals surface area contributed by atoms with Gasteiger partial charge in [-0.15, -0.1) is 0 Å². The molecule has 4 amide bonds. The van der Waals surface area contributed by atoms with E-state index in [4.69, 9.17) is 16.6 Å². The predicted octanol–water partition coefficient (Wildman–Crippen LogP) is -0.482. The second-order valence-electron chi connectivity index (χ2n) is 8.84. The molecule has 0 radical (unpaired) electrons. The number of benzene rings is 1. The van der Waals surface area contributed by atoms with Crippen molar-refractivity contribution >= 4 is 40.5 Å². The van der Waals surface area contributed by atoms with Crippen LogP contribution in [0, 0.1) is 5.92 Å². The maximum absolute atomic E-state index is 13.0. The van der Waals surface area contributed by atoms with Crippen LogP contribution in [0.25, 0.3) is 10.9 Å². The number of nitrogens with one attached hydrogen (secondary N) is 4. The summed E-state index contributed by atoms with van der Waals surface area (Å²) in [5.74, 6) is -4.59. The second kappa shape index (κ2) is 12.7. The smallest absolute Gasteiger partial charge is 0.326 e. The molecule has 2 aromatic rings. The van der Waals surface area contributed by atoms with Crippen LogP contribution in [0.3, 0.4) is 0 Å². The van der Waals surface area contributed by atoms with Gasteiger partial charge in [0.15, 0.2) is 0 Å². The zero-order chi connectivity index (χ0) is 27.0. The van der Waals surface area contributed by atoms with E-state index in [1.54, 1.807) is 13.1 Å². The summed E-state index contributed by atoms with van der Waals surface area (Å²) >= 11 is 0. The fourth-order valence-corrected chi connectivity index (χ4v) is 3.66. The highest BCUT2D eigenvalue weighted by molar-refractivity contribution is 5.95. The number of aromatic amines is 1. The molecule has 1 aromatic heterocycles. The SMILES string of the molecule is CCC(C)C(NC(=O)C(N)Cc1c[nH]c2ccccc12)C(=O)NC(C)C(=O)NC(CC(N)=O)C(=O)O. The number of aromatic nitrogens is 1. The number of aliphatic carboxylic acids is 1. The van der Waals surface area contributed by atoms with Crippen LogP contribution in [0.15, 0.2) is 30.5 Å². The van der Waals surface area contributed by atoms with Crippen molar-refractivity contribution in [3.63, 3.8) is 0 Å². The molecular formula is C24H34N6O6. The van der Waals surface area contributed by atoms with Crippen LogP contribution in [-0.2, 0) is 30.4 Å². The molecule has 5 atom stereocenters. The highest BCUT2D eigenvalue weighted by atomic mass is 16.4. The number of fused-ring (bicyclic) bond motifs is 1. The fourth-order valence-electron chi connectivity index (χ4n) is 3.66. The molecule has 0 fully saturated rings. The largest absolute Gasteiger partial charge is 0.480 e. The van der Waals surface area contributed by atoms with Crippen LogP contribution in [0.1, 0.15) is 39.2 Å². The quantitative estimate of drug-likeness (QED) is 0.191. The molecule has 0 aliphatic heterocycles. The van der Waals surface area contributed by atoms with E-state index in [1.165, 1.54) is 6.92 Å². The zero-order valence-electron chi connectivity index (χ0n) is 20.5. The van der Waals surface area contributed by atoms with Crippen molar-refractivity contribution < 1.29 is 29.1 Å². The normalized spacial score (nSPS) is 15.2. The number of nitrogens with two attached hydrogens (primary N) is 2. The summed E-state index contributed by atoms with van der Waals surface area (Å²) in [6.07, 6.45) is 2.00. The van der Waals surface area contributed by atoms with Gasteiger partial charge in [-0.05, 0) is 30.9 Å². The van der Waals surface area contributed by atoms with Crippen LogP contribution in [-0.4, -0.2) is 63.9 Å². The van der Waals surface area contributed by atoms with Gasteiger partial charge in [0.1, 0.15) is 18.1 Å². The van der Waals surface area contributed by atoms with E-state index in [1.807, 2.05) is 31.2 Å². The Morgan fingerprint density at radius 3 is 2.28 bits per heavy atom. The number of carbonyl (C=O) groups excluding carboxylic acids is 4. The van der Waals surface area contributed by atoms with Crippen molar-refractivity contribution in [3.8, 4) is 0 Å². The molecule has 12 nitrogen and oxygen atoms in total. The summed E-state index contributed by atoms with van der Waals surface area (Å²) in [5, 5.41) is 17.4. The van der Waals surface area contributed by atoms with Crippen LogP contribution < -0.4 is 27.4 Å². The van der Waals surface area contributed by atoms with Crippen LogP contribution >= 0.6 is 0 Å². The Morgan fingerprint density at radius 2 is 1.67 bits per heavy atom. The van der Waals surface area contributed by atoms with E-state index >= 15 is 0 Å². The summed E-state index contributed by atoms with van der Waals surface area (Å²) in [6, 6.07) is 3.05. The minimum atomic E-state index is -1.53. The minimum Gasteiger partial charge on any atom is -0.480 e. The molecule has 0 aliphatic rings. The third-order valence-electron chi connectivity index (χ3n) is 6.02. The van der Waals surface area contributed by atoms with Crippen molar-refractivity contribution in [1.82, 2.24) is 20.9 Å². The molecule has 196 valence electrons. The van der Waals surface area contributed by atoms with Gasteiger partial charge in [-0.1, -0.05) is 38.5 Å². The first-order valence-electron chi connectivity index (χ1n) is 11.7. The Kier molecular flexibility index (Phi) is 9.97. The van der Waals surface area contributed by atoms with Crippen molar-refractivity contribution in [1.29, 1.82) is 0 Å². The fraction of sp³-hybridized carbons (Fsp3) is 0.458. The highest BCUT2D eigenvalue weighted by Crippen LogP contribution is 2.19. The van der Waals surface area contributed by atoms with Gasteiger partial charge in [-0.2, -0.15) is 0 Å². The number of carboxylic acid groups (broad SMARTS) is 1. The minimum absolute atomic E-state index is 0.250. The van der Waals surface area contributed by atoms with Gasteiger partial charge in [-0.3, -0.25) is 19.2 Å². The molecule has 2 rings (SSSR count). The Morgan fingerprint density at radius 1 is 1.00 bits per heavy atom. The van der Waals surface area contributed by atoms with Gasteiger partial charge in [0, 0.05) is 17.1 Å². The molecule has 36 heavy (non-hydrogen) atoms. The zero-order valence-corrected chi connectivity index (χ0v) is 20.5. The molecule has 1 heterocycles. The molecule has 0 spiro atoms. The molecular weight excluding hydrogens is 468 g/mol. The number of rotatable bonds is 13. The molecule has 0 saturated heterocycles. The number of H-pyrrole nitrogens is 1. The summed E-state index contributed by atoms with van der Waals surface area (Å²) in [4.78, 5) is 63.7. The van der Waals surface area contributed by atoms with Gasteiger partial charge in [0.2, 0.25) is 23.6 Å². The standard InChI is InChI=1S/C24H34N6O6/c1-4-12(2)20(23(34)28-13(3)21(32)29-18(24(35)36)10-19(26)31)30-22(33)16(25)9-14-11-27-17-8-6-5-7-15(14)17/h5-8,11-13,16,18,20,27H,4,9-10,25H2,1-3H3,(H2,26,31)(H,28,34)(H,29,32)(H,30,33)(H,35,36). The average molecular weight is 503 g/mol. The lowest BCUT2D eigenvalue weighted by Gasteiger charge is -2.26. The Labute approximate surface area is 208 Å². The number of para-hydroxylation sites is 1. The lowest BCUT2D eigenvalue weighted by molar-refractivity contribution is -0.143. The van der Waals surface area contributed by atoms with Crippen LogP contribution in [0.4, 0.5) is 0 Å². The van der Waals surface area contributed by atoms with Gasteiger partial charge in [-0.25, -0.2) is 4.79 Å². The maximum atomic E-state index is 13.0. The molecule has 5 unspecified atom stereocenters. The van der Waals surface area contributed by atoms with Crippen molar-refractivity contribution in [2.45, 2.75) is 64.2 Å². The number of carbonyl (C=O) groups is 5. The Balaban J connectivity index is 2.03. The van der Waals surface area contributed by atoms with E-state index in [0.717, 1.165) is 16.5 Å². The summed E-state index contributed by atoms with van der Waals surface area (Å²) in [5.41, 5.74) is 13.0. The topological polar surface area (TPSA) is 209 Å². The predicted molar refractivity (Wildman–Crippen MR) is 132 cm³/mol. The second-order valence-corrected chi connectivity index (χ2v) is 8.84. The first-order valence-corrected chi connectivity index (χ1v) is 11.7. The number of carboxylic acids is 1. The monoisotopic (exact) mass is 502 g/mol. The number of primary amides is 1. The molecule has 1 aromatic carbocycles. The summed E-state index contributed by atoms with van der Waals surface area (Å²) in [6.45, 7) is 4.98. The lowest BCUT2D eigenvalue weighted by atomic mass is 9.97. The third kappa shape index (κ3) is 7.54. The van der Waals surface area contributed by atoms with E-state index in [2.05, 4.69) is 20.9 Å². The van der Waals surface area contributed by atoms with E-state index in [-0.39, 0.29) is 12.3 Å². The molecule has 0 saturated carbocycles. The molecule has 9 N–H and O–H groups in total. The summed E-state index contributed by atoms with van der Waals surface area (Å²) < 4.78 is 0. The number of hydrogen-bond donors (Lipinski definition) is 7. The maximum Gasteiger partial charge on any atom is 0.326 e. The van der Waals surface area contributed by atoms with Gasteiger partial charge in [0.25, 0.3) is 0 Å². The number of hydrogen-bond acceptors (Lipinski definition) is 6. The van der Waals surface area contributed by atoms with Crippen molar-refractivity contribution in [3.05, 3.63) is 36.0 Å². The van der Waals surface area contributed by atoms with Crippen molar-refractivity contribution in [2.75, 3.05) is 0 Å². The first-order chi connectivity index (χ1) is 16.9. The van der Waals surface area contributed by atoms with Gasteiger partial charge < -0.3 is 37.5 Å². The van der Waals surface area contributed by atoms with Gasteiger partial charge in [0.05, 0.1) is 12.5 Å². The first kappa shape index (κ1) is 28.3. The van der Waals surface area contributed by atoms with Crippen molar-refractivity contribution in [2.24, 2.45) is 17.4 Å². The van der Waals surface area contributed by atoms with Crippen LogP contribution in [0.2, 0.25) is 0 Å². The Bertz CT molecular complexity index is 1120. The Hall–Kier alpha value is -3.93. The van der Waals surface area contributed by atoms with Crippen LogP contribution in [0.5, 0.6) is 0 Å². The molecule has 12 heteroatoms. The van der Waals surface area contributed by atoms with E-state index in [9.17, 15) is 24.0 Å².